The fourth-order valence-electron chi connectivity index (χ4n) is 2.59. The lowest BCUT2D eigenvalue weighted by atomic mass is 10.1. The second-order valence-electron chi connectivity index (χ2n) is 6.03. The molecule has 1 atom stereocenters. The van der Waals surface area contributed by atoms with Gasteiger partial charge in [-0.1, -0.05) is 36.4 Å². The van der Waals surface area contributed by atoms with Crippen molar-refractivity contribution in [1.29, 1.82) is 0 Å². The molecule has 1 heterocycles. The summed E-state index contributed by atoms with van der Waals surface area (Å²) in [6.07, 6.45) is 2.34. The maximum absolute atomic E-state index is 13.5. The van der Waals surface area contributed by atoms with Gasteiger partial charge in [0, 0.05) is 16.5 Å². The molecule has 1 amide bonds. The molecule has 0 bridgehead atoms. The molecule has 0 radical (unpaired) electrons. The molecule has 0 fully saturated rings. The van der Waals surface area contributed by atoms with Crippen molar-refractivity contribution in [3.63, 3.8) is 0 Å². The second kappa shape index (κ2) is 9.75. The van der Waals surface area contributed by atoms with E-state index in [-0.39, 0.29) is 11.4 Å². The highest BCUT2D eigenvalue weighted by molar-refractivity contribution is 7.10. The molecule has 0 saturated carbocycles. The number of hydrogen-bond acceptors (Lipinski definition) is 4. The molecule has 0 spiro atoms. The molecule has 1 N–H and O–H groups in total. The van der Waals surface area contributed by atoms with E-state index in [2.05, 4.69) is 5.32 Å². The lowest BCUT2D eigenvalue weighted by molar-refractivity contribution is -0.143. The Morgan fingerprint density at radius 3 is 2.48 bits per heavy atom. The number of amides is 1. The minimum atomic E-state index is -0.766. The third-order valence-corrected chi connectivity index (χ3v) is 4.92. The van der Waals surface area contributed by atoms with Gasteiger partial charge in [0.05, 0.1) is 6.04 Å². The normalized spacial score (nSPS) is 11.9. The number of carbonyl (C=O) groups excluding carboxylic acids is 2. The van der Waals surface area contributed by atoms with Crippen molar-refractivity contribution in [2.45, 2.75) is 6.04 Å². The summed E-state index contributed by atoms with van der Waals surface area (Å²) in [6, 6.07) is 15.0. The first-order valence-electron chi connectivity index (χ1n) is 8.70. The third-order valence-electron chi connectivity index (χ3n) is 3.99. The molecule has 4 nitrogen and oxygen atoms in total. The molecule has 0 aliphatic carbocycles. The predicted molar refractivity (Wildman–Crippen MR) is 107 cm³/mol. The van der Waals surface area contributed by atoms with Gasteiger partial charge in [0.15, 0.2) is 6.61 Å². The highest BCUT2D eigenvalue weighted by Crippen LogP contribution is 2.26. The molecule has 29 heavy (non-hydrogen) atoms. The summed E-state index contributed by atoms with van der Waals surface area (Å²) in [5.74, 6) is -2.12. The fourth-order valence-corrected chi connectivity index (χ4v) is 3.39. The zero-order chi connectivity index (χ0) is 20.6. The Kier molecular flexibility index (Phi) is 6.86. The van der Waals surface area contributed by atoms with Crippen LogP contribution in [-0.4, -0.2) is 18.5 Å². The smallest absolute Gasteiger partial charge is 0.331 e. The quantitative estimate of drug-likeness (QED) is 0.459. The Labute approximate surface area is 170 Å². The summed E-state index contributed by atoms with van der Waals surface area (Å²) in [6.45, 7) is -0.497. The van der Waals surface area contributed by atoms with Gasteiger partial charge in [-0.3, -0.25) is 4.79 Å². The second-order valence-corrected chi connectivity index (χ2v) is 7.01. The van der Waals surface area contributed by atoms with Gasteiger partial charge in [-0.25, -0.2) is 13.6 Å². The number of carbonyl (C=O) groups is 2. The van der Waals surface area contributed by atoms with Crippen LogP contribution in [0.1, 0.15) is 22.0 Å². The monoisotopic (exact) mass is 413 g/mol. The standard InChI is InChI=1S/C22H17F2NO3S/c23-17-10-7-16(8-11-17)22(19-6-3-13-29-19)25-20(26)14-28-21(27)12-9-15-4-1-2-5-18(15)24/h1-13,22H,14H2,(H,25,26)/b12-9+/t22-/m0/s1. The van der Waals surface area contributed by atoms with Crippen LogP contribution in [0.25, 0.3) is 6.08 Å². The zero-order valence-corrected chi connectivity index (χ0v) is 16.0. The van der Waals surface area contributed by atoms with E-state index in [1.54, 1.807) is 24.3 Å². The van der Waals surface area contributed by atoms with E-state index in [0.29, 0.717) is 5.56 Å². The number of thiophene rings is 1. The van der Waals surface area contributed by atoms with Crippen molar-refractivity contribution in [2.75, 3.05) is 6.61 Å². The summed E-state index contributed by atoms with van der Waals surface area (Å²) in [7, 11) is 0. The Hall–Kier alpha value is -3.32. The first-order valence-corrected chi connectivity index (χ1v) is 9.58. The molecule has 0 aliphatic rings. The lowest BCUT2D eigenvalue weighted by Crippen LogP contribution is -2.32. The van der Waals surface area contributed by atoms with Crippen molar-refractivity contribution >= 4 is 29.3 Å². The summed E-state index contributed by atoms with van der Waals surface area (Å²) in [5, 5.41) is 4.65. The molecular weight excluding hydrogens is 396 g/mol. The van der Waals surface area contributed by atoms with E-state index < -0.39 is 30.3 Å². The number of nitrogens with one attached hydrogen (secondary N) is 1. The minimum absolute atomic E-state index is 0.239. The van der Waals surface area contributed by atoms with E-state index in [0.717, 1.165) is 11.0 Å². The van der Waals surface area contributed by atoms with Crippen LogP contribution >= 0.6 is 11.3 Å². The van der Waals surface area contributed by atoms with Crippen LogP contribution in [0.15, 0.2) is 72.1 Å². The third kappa shape index (κ3) is 5.83. The summed E-state index contributed by atoms with van der Waals surface area (Å²) >= 11 is 1.44. The van der Waals surface area contributed by atoms with Crippen LogP contribution in [0, 0.1) is 11.6 Å². The molecule has 0 aliphatic heterocycles. The summed E-state index contributed by atoms with van der Waals surface area (Å²) in [5.41, 5.74) is 0.941. The topological polar surface area (TPSA) is 55.4 Å². The van der Waals surface area contributed by atoms with Crippen LogP contribution < -0.4 is 5.32 Å². The molecule has 2 aromatic carbocycles. The number of halogens is 2. The SMILES string of the molecule is O=C(COC(=O)/C=C/c1ccccc1F)N[C@@H](c1ccc(F)cc1)c1cccs1. The van der Waals surface area contributed by atoms with E-state index in [9.17, 15) is 18.4 Å². The average molecular weight is 413 g/mol. The van der Waals surface area contributed by atoms with E-state index in [4.69, 9.17) is 4.74 Å². The van der Waals surface area contributed by atoms with Gasteiger partial charge in [-0.2, -0.15) is 0 Å². The molecule has 3 rings (SSSR count). The van der Waals surface area contributed by atoms with Gasteiger partial charge in [-0.05, 0) is 41.3 Å². The fraction of sp³-hybridized carbons (Fsp3) is 0.0909. The van der Waals surface area contributed by atoms with Gasteiger partial charge in [-0.15, -0.1) is 11.3 Å². The Morgan fingerprint density at radius 2 is 1.79 bits per heavy atom. The highest BCUT2D eigenvalue weighted by Gasteiger charge is 2.18. The van der Waals surface area contributed by atoms with Crippen molar-refractivity contribution in [3.05, 3.63) is 99.8 Å². The van der Waals surface area contributed by atoms with Gasteiger partial charge >= 0.3 is 5.97 Å². The van der Waals surface area contributed by atoms with Crippen molar-refractivity contribution in [2.24, 2.45) is 0 Å². The Balaban J connectivity index is 1.59. The molecule has 0 unspecified atom stereocenters. The van der Waals surface area contributed by atoms with Crippen molar-refractivity contribution in [1.82, 2.24) is 5.32 Å². The molecular formula is C22H17F2NO3S. The molecule has 1 aromatic heterocycles. The van der Waals surface area contributed by atoms with Crippen molar-refractivity contribution in [3.8, 4) is 0 Å². The zero-order valence-electron chi connectivity index (χ0n) is 15.2. The van der Waals surface area contributed by atoms with E-state index in [1.807, 2.05) is 17.5 Å². The highest BCUT2D eigenvalue weighted by atomic mass is 32.1. The summed E-state index contributed by atoms with van der Waals surface area (Å²) < 4.78 is 31.7. The van der Waals surface area contributed by atoms with Gasteiger partial charge in [0.1, 0.15) is 11.6 Å². The maximum Gasteiger partial charge on any atom is 0.331 e. The molecule has 7 heteroatoms. The number of hydrogen-bond donors (Lipinski definition) is 1. The van der Waals surface area contributed by atoms with Gasteiger partial charge < -0.3 is 10.1 Å². The van der Waals surface area contributed by atoms with Gasteiger partial charge in [0.2, 0.25) is 0 Å². The number of benzene rings is 2. The van der Waals surface area contributed by atoms with Crippen LogP contribution in [0.2, 0.25) is 0 Å². The minimum Gasteiger partial charge on any atom is -0.452 e. The first kappa shape index (κ1) is 20.4. The maximum atomic E-state index is 13.5. The van der Waals surface area contributed by atoms with Crippen molar-refractivity contribution < 1.29 is 23.1 Å². The van der Waals surface area contributed by atoms with Crippen LogP contribution in [-0.2, 0) is 14.3 Å². The van der Waals surface area contributed by atoms with Gasteiger partial charge in [0.25, 0.3) is 5.91 Å². The Bertz CT molecular complexity index is 1000. The molecule has 3 aromatic rings. The van der Waals surface area contributed by atoms with Crippen LogP contribution in [0.4, 0.5) is 8.78 Å². The number of rotatable bonds is 7. The lowest BCUT2D eigenvalue weighted by Gasteiger charge is -2.18. The van der Waals surface area contributed by atoms with E-state index >= 15 is 0 Å². The number of esters is 1. The average Bonchev–Trinajstić information content (AvgIpc) is 3.25. The van der Waals surface area contributed by atoms with E-state index in [1.165, 1.54) is 41.7 Å². The predicted octanol–water partition coefficient (Wildman–Crippen LogP) is 4.49. The molecule has 0 saturated heterocycles. The number of ether oxygens (including phenoxy) is 1. The summed E-state index contributed by atoms with van der Waals surface area (Å²) in [4.78, 5) is 24.9. The largest absolute Gasteiger partial charge is 0.452 e. The molecule has 148 valence electrons. The van der Waals surface area contributed by atoms with Crippen LogP contribution in [0.3, 0.4) is 0 Å². The first-order chi connectivity index (χ1) is 14.0. The van der Waals surface area contributed by atoms with Crippen LogP contribution in [0.5, 0.6) is 0 Å². The Morgan fingerprint density at radius 1 is 1.03 bits per heavy atom.